The van der Waals surface area contributed by atoms with E-state index in [1.807, 2.05) is 13.8 Å². The van der Waals surface area contributed by atoms with Crippen LogP contribution in [0.4, 0.5) is 0 Å². The molecule has 0 aliphatic rings. The Morgan fingerprint density at radius 2 is 1.12 bits per heavy atom. The number of para-hydroxylation sites is 1. The molecule has 0 fully saturated rings. The maximum atomic E-state index is 12.4. The molecule has 3 aromatic carbocycles. The Morgan fingerprint density at radius 1 is 0.650 bits per heavy atom. The second-order valence-corrected chi connectivity index (χ2v) is 13.3. The van der Waals surface area contributed by atoms with Crippen LogP contribution in [0.1, 0.15) is 23.1 Å². The molecule has 40 heavy (non-hydrogen) atoms. The fourth-order valence-electron chi connectivity index (χ4n) is 3.60. The van der Waals surface area contributed by atoms with Gasteiger partial charge in [-0.25, -0.2) is 21.6 Å². The molecule has 0 aliphatic carbocycles. The highest BCUT2D eigenvalue weighted by atomic mass is 32.2. The summed E-state index contributed by atoms with van der Waals surface area (Å²) < 4.78 is 65.2. The van der Waals surface area contributed by atoms with Crippen LogP contribution < -0.4 is 4.74 Å². The Bertz CT molecular complexity index is 1390. The van der Waals surface area contributed by atoms with Crippen molar-refractivity contribution in [2.75, 3.05) is 31.3 Å². The number of hydrogen-bond acceptors (Lipinski definition) is 9. The zero-order valence-electron chi connectivity index (χ0n) is 22.4. The van der Waals surface area contributed by atoms with Crippen molar-refractivity contribution in [1.82, 2.24) is 0 Å². The van der Waals surface area contributed by atoms with Gasteiger partial charge >= 0.3 is 11.9 Å². The van der Waals surface area contributed by atoms with E-state index in [0.29, 0.717) is 11.3 Å². The summed E-state index contributed by atoms with van der Waals surface area (Å²) in [6, 6.07) is 19.7. The topological polar surface area (TPSA) is 130 Å². The predicted molar refractivity (Wildman–Crippen MR) is 149 cm³/mol. The molecule has 0 saturated carbocycles. The smallest absolute Gasteiger partial charge is 0.344 e. The minimum atomic E-state index is -3.59. The summed E-state index contributed by atoms with van der Waals surface area (Å²) in [7, 11) is -7.16. The molecular weight excluding hydrogens is 556 g/mol. The summed E-state index contributed by atoms with van der Waals surface area (Å²) in [6.07, 6.45) is 0.218. The molecule has 0 spiro atoms. The highest BCUT2D eigenvalue weighted by molar-refractivity contribution is 7.91. The molecule has 9 nitrogen and oxygen atoms in total. The van der Waals surface area contributed by atoms with Crippen molar-refractivity contribution in [1.29, 1.82) is 0 Å². The van der Waals surface area contributed by atoms with Crippen molar-refractivity contribution in [3.63, 3.8) is 0 Å². The lowest BCUT2D eigenvalue weighted by molar-refractivity contribution is -0.145. The van der Waals surface area contributed by atoms with E-state index in [0.717, 1.165) is 11.1 Å². The Balaban J connectivity index is 1.41. The fourth-order valence-corrected chi connectivity index (χ4v) is 5.77. The lowest BCUT2D eigenvalue weighted by Gasteiger charge is -2.12. The molecule has 0 aliphatic heterocycles. The number of rotatable bonds is 14. The van der Waals surface area contributed by atoms with E-state index in [1.165, 1.54) is 24.3 Å². The third-order valence-corrected chi connectivity index (χ3v) is 9.30. The standard InChI is InChI=1S/C29H32O9S2/c1-22-7-12-25(13-8-22)39(32,33)19-17-36-28(30)16-11-24-5-3-4-6-27(24)38-21-29(31)37-18-20-40(34,35)26-14-9-23(2)10-15-26/h3-10,12-15H,11,16-21H2,1-2H3. The molecule has 3 rings (SSSR count). The molecule has 0 N–H and O–H groups in total. The second-order valence-electron chi connectivity index (χ2n) is 9.10. The number of aryl methyl sites for hydroxylation is 3. The molecule has 11 heteroatoms. The first kappa shape index (κ1) is 30.8. The van der Waals surface area contributed by atoms with Gasteiger partial charge in [-0.05, 0) is 56.2 Å². The molecule has 0 amide bonds. The molecule has 0 atom stereocenters. The highest BCUT2D eigenvalue weighted by Gasteiger charge is 2.17. The van der Waals surface area contributed by atoms with Crippen molar-refractivity contribution in [3.8, 4) is 5.75 Å². The Hall–Kier alpha value is -3.70. The van der Waals surface area contributed by atoms with Crippen molar-refractivity contribution < 1.29 is 40.6 Å². The van der Waals surface area contributed by atoms with E-state index in [2.05, 4.69) is 0 Å². The molecule has 214 valence electrons. The molecular formula is C29H32O9S2. The molecule has 0 saturated heterocycles. The number of carbonyl (C=O) groups is 2. The van der Waals surface area contributed by atoms with E-state index < -0.39 is 38.2 Å². The number of ether oxygens (including phenoxy) is 3. The van der Waals surface area contributed by atoms with Crippen molar-refractivity contribution >= 4 is 31.6 Å². The largest absolute Gasteiger partial charge is 0.482 e. The quantitative estimate of drug-likeness (QED) is 0.259. The first-order valence-electron chi connectivity index (χ1n) is 12.6. The maximum Gasteiger partial charge on any atom is 0.344 e. The third kappa shape index (κ3) is 9.49. The molecule has 0 bridgehead atoms. The second kappa shape index (κ2) is 14.1. The number of hydrogen-bond donors (Lipinski definition) is 0. The van der Waals surface area contributed by atoms with Crippen LogP contribution in [-0.2, 0) is 45.2 Å². The van der Waals surface area contributed by atoms with Gasteiger partial charge in [-0.2, -0.15) is 0 Å². The van der Waals surface area contributed by atoms with Crippen LogP contribution in [0.5, 0.6) is 5.75 Å². The molecule has 3 aromatic rings. The van der Waals surface area contributed by atoms with E-state index in [9.17, 15) is 26.4 Å². The predicted octanol–water partition coefficient (Wildman–Crippen LogP) is 3.65. The van der Waals surface area contributed by atoms with Gasteiger partial charge in [-0.1, -0.05) is 53.6 Å². The Kier molecular flexibility index (Phi) is 10.9. The van der Waals surface area contributed by atoms with Gasteiger partial charge in [0.1, 0.15) is 19.0 Å². The van der Waals surface area contributed by atoms with Crippen molar-refractivity contribution in [3.05, 3.63) is 89.5 Å². The zero-order chi connectivity index (χ0) is 29.2. The van der Waals surface area contributed by atoms with Crippen LogP contribution in [0, 0.1) is 13.8 Å². The van der Waals surface area contributed by atoms with Gasteiger partial charge in [0.2, 0.25) is 0 Å². The van der Waals surface area contributed by atoms with E-state index in [1.54, 1.807) is 48.5 Å². The summed E-state index contributed by atoms with van der Waals surface area (Å²) in [5.41, 5.74) is 2.52. The summed E-state index contributed by atoms with van der Waals surface area (Å²) >= 11 is 0. The van der Waals surface area contributed by atoms with Crippen LogP contribution in [0.3, 0.4) is 0 Å². The molecule has 0 radical (unpaired) electrons. The van der Waals surface area contributed by atoms with Crippen molar-refractivity contribution in [2.24, 2.45) is 0 Å². The summed E-state index contributed by atoms with van der Waals surface area (Å²) in [6.45, 7) is 2.69. The van der Waals surface area contributed by atoms with E-state index >= 15 is 0 Å². The SMILES string of the molecule is Cc1ccc(S(=O)(=O)CCOC(=O)CCc2ccccc2OCC(=O)OCCS(=O)(=O)c2ccc(C)cc2)cc1. The fraction of sp³-hybridized carbons (Fsp3) is 0.310. The lowest BCUT2D eigenvalue weighted by Crippen LogP contribution is -2.20. The van der Waals surface area contributed by atoms with Gasteiger partial charge in [-0.3, -0.25) is 4.79 Å². The Labute approximate surface area is 234 Å². The van der Waals surface area contributed by atoms with Crippen LogP contribution in [0.2, 0.25) is 0 Å². The van der Waals surface area contributed by atoms with Crippen LogP contribution in [-0.4, -0.2) is 60.1 Å². The summed E-state index contributed by atoms with van der Waals surface area (Å²) in [5, 5.41) is 0. The third-order valence-electron chi connectivity index (χ3n) is 5.91. The van der Waals surface area contributed by atoms with Crippen molar-refractivity contribution in [2.45, 2.75) is 36.5 Å². The summed E-state index contributed by atoms with van der Waals surface area (Å²) in [4.78, 5) is 24.6. The molecule has 0 heterocycles. The lowest BCUT2D eigenvalue weighted by atomic mass is 10.1. The highest BCUT2D eigenvalue weighted by Crippen LogP contribution is 2.20. The number of benzene rings is 3. The minimum absolute atomic E-state index is 0.0216. The summed E-state index contributed by atoms with van der Waals surface area (Å²) in [5.74, 6) is -1.62. The number of carbonyl (C=O) groups excluding carboxylic acids is 2. The van der Waals surface area contributed by atoms with Gasteiger partial charge in [0, 0.05) is 6.42 Å². The Morgan fingerprint density at radius 3 is 1.65 bits per heavy atom. The van der Waals surface area contributed by atoms with Gasteiger partial charge in [0.05, 0.1) is 21.3 Å². The molecule has 0 unspecified atom stereocenters. The average molecular weight is 589 g/mol. The zero-order valence-corrected chi connectivity index (χ0v) is 24.0. The normalized spacial score (nSPS) is 11.6. The first-order chi connectivity index (χ1) is 19.0. The minimum Gasteiger partial charge on any atom is -0.482 e. The first-order valence-corrected chi connectivity index (χ1v) is 15.9. The van der Waals surface area contributed by atoms with Crippen LogP contribution >= 0.6 is 0 Å². The number of sulfone groups is 2. The average Bonchev–Trinajstić information content (AvgIpc) is 2.91. The van der Waals surface area contributed by atoms with Gasteiger partial charge in [0.15, 0.2) is 26.3 Å². The van der Waals surface area contributed by atoms with E-state index in [4.69, 9.17) is 14.2 Å². The van der Waals surface area contributed by atoms with Crippen LogP contribution in [0.25, 0.3) is 0 Å². The maximum absolute atomic E-state index is 12.4. The molecule has 0 aromatic heterocycles. The van der Waals surface area contributed by atoms with Gasteiger partial charge in [0.25, 0.3) is 0 Å². The van der Waals surface area contributed by atoms with Gasteiger partial charge < -0.3 is 14.2 Å². The van der Waals surface area contributed by atoms with Gasteiger partial charge in [-0.15, -0.1) is 0 Å². The van der Waals surface area contributed by atoms with E-state index in [-0.39, 0.29) is 47.4 Å². The monoisotopic (exact) mass is 588 g/mol. The van der Waals surface area contributed by atoms with Crippen LogP contribution in [0.15, 0.2) is 82.6 Å². The number of esters is 2.